The summed E-state index contributed by atoms with van der Waals surface area (Å²) in [6.07, 6.45) is 0. The van der Waals surface area contributed by atoms with Crippen LogP contribution in [0.1, 0.15) is 11.1 Å². The third-order valence-corrected chi connectivity index (χ3v) is 4.73. The van der Waals surface area contributed by atoms with Gasteiger partial charge in [-0.1, -0.05) is 11.8 Å². The van der Waals surface area contributed by atoms with Crippen LogP contribution >= 0.6 is 0 Å². The average Bonchev–Trinajstić information content (AvgIpc) is 2.45. The second-order valence-electron chi connectivity index (χ2n) is 4.29. The summed E-state index contributed by atoms with van der Waals surface area (Å²) in [5.41, 5.74) is 1.31. The minimum absolute atomic E-state index is 0.0754. The summed E-state index contributed by atoms with van der Waals surface area (Å²) in [7, 11) is -3.77. The second-order valence-corrected chi connectivity index (χ2v) is 6.23. The molecule has 0 aliphatic carbocycles. The van der Waals surface area contributed by atoms with Crippen LogP contribution in [0.2, 0.25) is 0 Å². The zero-order valence-corrected chi connectivity index (χ0v) is 12.6. The van der Waals surface area contributed by atoms with E-state index in [4.69, 9.17) is 15.3 Å². The molecule has 21 heavy (non-hydrogen) atoms. The topological polar surface area (TPSA) is 98.1 Å². The van der Waals surface area contributed by atoms with Crippen LogP contribution in [0.15, 0.2) is 23.1 Å². The first kappa shape index (κ1) is 17.6. The molecule has 1 aromatic rings. The third kappa shape index (κ3) is 4.52. The minimum atomic E-state index is -3.77. The van der Waals surface area contributed by atoms with Gasteiger partial charge in [0.25, 0.3) is 0 Å². The van der Waals surface area contributed by atoms with E-state index in [-0.39, 0.29) is 37.8 Å². The summed E-state index contributed by atoms with van der Waals surface area (Å²) in [4.78, 5) is 0.0800. The predicted octanol–water partition coefficient (Wildman–Crippen LogP) is -0.686. The van der Waals surface area contributed by atoms with Crippen molar-refractivity contribution in [3.63, 3.8) is 0 Å². The third-order valence-electron chi connectivity index (χ3n) is 2.84. The number of hydrogen-bond donors (Lipinski definition) is 3. The van der Waals surface area contributed by atoms with Crippen LogP contribution in [0.25, 0.3) is 0 Å². The lowest BCUT2D eigenvalue weighted by Gasteiger charge is -2.20. The SMILES string of the molecule is Cc1cc(S(=O)(=O)N(CCO)CCO)ccc1C#CCO. The van der Waals surface area contributed by atoms with Crippen LogP contribution in [-0.4, -0.2) is 61.0 Å². The molecular weight excluding hydrogens is 294 g/mol. The van der Waals surface area contributed by atoms with Gasteiger partial charge in [-0.15, -0.1) is 0 Å². The molecule has 1 rings (SSSR count). The first-order valence-electron chi connectivity index (χ1n) is 6.39. The summed E-state index contributed by atoms with van der Waals surface area (Å²) in [5.74, 6) is 5.24. The molecule has 116 valence electrons. The number of nitrogens with zero attached hydrogens (tertiary/aromatic N) is 1. The van der Waals surface area contributed by atoms with Gasteiger partial charge in [-0.3, -0.25) is 0 Å². The summed E-state index contributed by atoms with van der Waals surface area (Å²) in [6.45, 7) is 0.668. The van der Waals surface area contributed by atoms with Gasteiger partial charge in [0.1, 0.15) is 6.61 Å². The molecule has 0 bridgehead atoms. The molecule has 0 atom stereocenters. The van der Waals surface area contributed by atoms with E-state index in [9.17, 15) is 8.42 Å². The molecule has 0 fully saturated rings. The van der Waals surface area contributed by atoms with Crippen molar-refractivity contribution < 1.29 is 23.7 Å². The highest BCUT2D eigenvalue weighted by Crippen LogP contribution is 2.19. The van der Waals surface area contributed by atoms with Gasteiger partial charge < -0.3 is 15.3 Å². The zero-order chi connectivity index (χ0) is 15.9. The highest BCUT2D eigenvalue weighted by atomic mass is 32.2. The Bertz CT molecular complexity index is 624. The van der Waals surface area contributed by atoms with E-state index in [2.05, 4.69) is 11.8 Å². The van der Waals surface area contributed by atoms with E-state index in [1.807, 2.05) is 0 Å². The van der Waals surface area contributed by atoms with Crippen molar-refractivity contribution in [3.05, 3.63) is 29.3 Å². The summed E-state index contributed by atoms with van der Waals surface area (Å²) in [5, 5.41) is 26.5. The van der Waals surface area contributed by atoms with Crippen LogP contribution < -0.4 is 0 Å². The molecule has 0 heterocycles. The van der Waals surface area contributed by atoms with Crippen LogP contribution in [-0.2, 0) is 10.0 Å². The molecular formula is C14H19NO5S. The fourth-order valence-electron chi connectivity index (χ4n) is 1.80. The molecule has 0 saturated carbocycles. The number of rotatable bonds is 6. The van der Waals surface area contributed by atoms with Crippen molar-refractivity contribution >= 4 is 10.0 Å². The quantitative estimate of drug-likeness (QED) is 0.604. The molecule has 0 amide bonds. The number of sulfonamides is 1. The zero-order valence-electron chi connectivity index (χ0n) is 11.8. The number of hydrogen-bond acceptors (Lipinski definition) is 5. The maximum absolute atomic E-state index is 12.4. The monoisotopic (exact) mass is 313 g/mol. The van der Waals surface area contributed by atoms with Crippen LogP contribution in [0.3, 0.4) is 0 Å². The average molecular weight is 313 g/mol. The van der Waals surface area contributed by atoms with Crippen molar-refractivity contribution in [1.29, 1.82) is 0 Å². The van der Waals surface area contributed by atoms with Crippen molar-refractivity contribution in [2.75, 3.05) is 32.9 Å². The van der Waals surface area contributed by atoms with Gasteiger partial charge in [0.05, 0.1) is 18.1 Å². The molecule has 0 aliphatic heterocycles. The normalized spacial score (nSPS) is 11.3. The Balaban J connectivity index is 3.16. The summed E-state index contributed by atoms with van der Waals surface area (Å²) < 4.78 is 25.9. The van der Waals surface area contributed by atoms with Crippen molar-refractivity contribution in [1.82, 2.24) is 4.31 Å². The molecule has 0 saturated heterocycles. The maximum Gasteiger partial charge on any atom is 0.243 e. The van der Waals surface area contributed by atoms with Gasteiger partial charge in [-0.25, -0.2) is 8.42 Å². The molecule has 6 nitrogen and oxygen atoms in total. The van der Waals surface area contributed by atoms with Gasteiger partial charge in [-0.05, 0) is 30.7 Å². The number of aryl methyl sites for hydroxylation is 1. The largest absolute Gasteiger partial charge is 0.395 e. The lowest BCUT2D eigenvalue weighted by Crippen LogP contribution is -2.35. The Morgan fingerprint density at radius 2 is 1.76 bits per heavy atom. The molecule has 0 spiro atoms. The van der Waals surface area contributed by atoms with Gasteiger partial charge in [-0.2, -0.15) is 4.31 Å². The Hall–Kier alpha value is -1.43. The van der Waals surface area contributed by atoms with Crippen LogP contribution in [0.5, 0.6) is 0 Å². The summed E-state index contributed by atoms with van der Waals surface area (Å²) >= 11 is 0. The molecule has 0 aromatic heterocycles. The highest BCUT2D eigenvalue weighted by Gasteiger charge is 2.23. The number of aliphatic hydroxyl groups is 3. The molecule has 0 unspecified atom stereocenters. The second kappa shape index (κ2) is 8.12. The Kier molecular flexibility index (Phi) is 6.81. The van der Waals surface area contributed by atoms with E-state index in [0.717, 1.165) is 4.31 Å². The van der Waals surface area contributed by atoms with Gasteiger partial charge in [0.15, 0.2) is 0 Å². The van der Waals surface area contributed by atoms with E-state index in [1.165, 1.54) is 12.1 Å². The number of benzene rings is 1. The minimum Gasteiger partial charge on any atom is -0.395 e. The fraction of sp³-hybridized carbons (Fsp3) is 0.429. The van der Waals surface area contributed by atoms with E-state index >= 15 is 0 Å². The standard InChI is InChI=1S/C14H19NO5S/c1-12-11-14(5-4-13(12)3-2-8-16)21(19,20)15(6-9-17)7-10-18/h4-5,11,16-18H,6-10H2,1H3. The Morgan fingerprint density at radius 1 is 1.14 bits per heavy atom. The van der Waals surface area contributed by atoms with Crippen LogP contribution in [0, 0.1) is 18.8 Å². The lowest BCUT2D eigenvalue weighted by atomic mass is 10.1. The first-order valence-corrected chi connectivity index (χ1v) is 7.83. The van der Waals surface area contributed by atoms with Crippen LogP contribution in [0.4, 0.5) is 0 Å². The molecule has 0 aliphatic rings. The highest BCUT2D eigenvalue weighted by molar-refractivity contribution is 7.89. The van der Waals surface area contributed by atoms with E-state index < -0.39 is 10.0 Å². The maximum atomic E-state index is 12.4. The lowest BCUT2D eigenvalue weighted by molar-refractivity contribution is 0.217. The smallest absolute Gasteiger partial charge is 0.243 e. The molecule has 0 radical (unpaired) electrons. The van der Waals surface area contributed by atoms with E-state index in [0.29, 0.717) is 11.1 Å². The molecule has 1 aromatic carbocycles. The van der Waals surface area contributed by atoms with Crippen molar-refractivity contribution in [2.45, 2.75) is 11.8 Å². The van der Waals surface area contributed by atoms with Gasteiger partial charge >= 0.3 is 0 Å². The van der Waals surface area contributed by atoms with E-state index in [1.54, 1.807) is 13.0 Å². The first-order chi connectivity index (χ1) is 9.97. The van der Waals surface area contributed by atoms with Crippen molar-refractivity contribution in [2.24, 2.45) is 0 Å². The van der Waals surface area contributed by atoms with Gasteiger partial charge in [0, 0.05) is 18.7 Å². The van der Waals surface area contributed by atoms with Gasteiger partial charge in [0.2, 0.25) is 10.0 Å². The fourth-order valence-corrected chi connectivity index (χ4v) is 3.30. The van der Waals surface area contributed by atoms with Crippen molar-refractivity contribution in [3.8, 4) is 11.8 Å². The predicted molar refractivity (Wildman–Crippen MR) is 78.1 cm³/mol. The Morgan fingerprint density at radius 3 is 2.24 bits per heavy atom. The number of aliphatic hydroxyl groups excluding tert-OH is 3. The molecule has 3 N–H and O–H groups in total. The Labute approximate surface area is 124 Å². The molecule has 7 heteroatoms. The summed E-state index contributed by atoms with van der Waals surface area (Å²) in [6, 6.07) is 4.48.